The van der Waals surface area contributed by atoms with Gasteiger partial charge in [-0.2, -0.15) is 15.3 Å². The molecule has 3 aromatic heterocycles. The minimum atomic E-state index is -0.559. The third kappa shape index (κ3) is 2.15. The van der Waals surface area contributed by atoms with Crippen LogP contribution in [0.4, 0.5) is 11.6 Å². The molecule has 4 heterocycles. The minimum Gasteiger partial charge on any atom is -0.475 e. The maximum atomic E-state index is 9.51. The van der Waals surface area contributed by atoms with Gasteiger partial charge in [-0.15, -0.1) is 5.10 Å². The number of anilines is 2. The summed E-state index contributed by atoms with van der Waals surface area (Å²) in [5, 5.41) is 22.7. The Morgan fingerprint density at radius 1 is 1.38 bits per heavy atom. The quantitative estimate of drug-likeness (QED) is 0.701. The molecule has 0 radical (unpaired) electrons. The Bertz CT molecular complexity index is 1070. The molecular weight excluding hydrogens is 356 g/mol. The van der Waals surface area contributed by atoms with Gasteiger partial charge in [0.15, 0.2) is 10.8 Å². The Morgan fingerprint density at radius 3 is 3.00 bits per heavy atom. The first-order chi connectivity index (χ1) is 12.6. The molecule has 1 fully saturated rings. The predicted molar refractivity (Wildman–Crippen MR) is 93.5 cm³/mol. The molecule has 1 N–H and O–H groups in total. The lowest BCUT2D eigenvalue weighted by Crippen LogP contribution is -2.18. The van der Waals surface area contributed by atoms with Crippen LogP contribution in [0, 0.1) is 18.3 Å². The molecule has 0 unspecified atom stereocenters. The van der Waals surface area contributed by atoms with Crippen LogP contribution in [0.25, 0.3) is 11.0 Å². The molecule has 3 aromatic rings. The predicted octanol–water partition coefficient (Wildman–Crippen LogP) is 2.52. The van der Waals surface area contributed by atoms with Crippen molar-refractivity contribution in [3.8, 4) is 11.9 Å². The monoisotopic (exact) mass is 370 g/mol. The zero-order chi connectivity index (χ0) is 17.9. The second-order valence-corrected chi connectivity index (χ2v) is 6.95. The molecule has 26 heavy (non-hydrogen) atoms. The molecule has 2 aliphatic rings. The van der Waals surface area contributed by atoms with Crippen LogP contribution in [0.5, 0.6) is 5.88 Å². The zero-order valence-electron chi connectivity index (χ0n) is 14.0. The molecule has 1 aliphatic heterocycles. The average Bonchev–Trinajstić information content (AvgIpc) is 3.30. The molecule has 0 aromatic carbocycles. The van der Waals surface area contributed by atoms with Gasteiger partial charge in [-0.25, -0.2) is 14.3 Å². The zero-order valence-corrected chi connectivity index (χ0v) is 14.8. The SMILES string of the molecule is Cc1c2c(nn1C1(C#N)CC1)OCCCn1nc(Cl)c3cnc(nc31)N2. The van der Waals surface area contributed by atoms with Crippen LogP contribution in [0.15, 0.2) is 6.20 Å². The van der Waals surface area contributed by atoms with E-state index in [0.717, 1.165) is 25.0 Å². The number of hydrogen-bond donors (Lipinski definition) is 1. The standard InChI is InChI=1S/C16H15ClN8O/c1-9-11-14(23-25(9)16(8-18)3-4-16)26-6-2-5-24-13-10(12(17)22-24)7-19-15(20-11)21-13/h7H,2-6H2,1H3,(H,19,20,21). The van der Waals surface area contributed by atoms with E-state index in [9.17, 15) is 5.26 Å². The summed E-state index contributed by atoms with van der Waals surface area (Å²) in [5.41, 5.74) is 1.63. The van der Waals surface area contributed by atoms with E-state index in [1.807, 2.05) is 6.92 Å². The van der Waals surface area contributed by atoms with Gasteiger partial charge in [0, 0.05) is 19.2 Å². The molecule has 1 aliphatic carbocycles. The first kappa shape index (κ1) is 15.4. The summed E-state index contributed by atoms with van der Waals surface area (Å²) in [4.78, 5) is 8.90. The first-order valence-corrected chi connectivity index (χ1v) is 8.79. The molecule has 5 rings (SSSR count). The normalized spacial score (nSPS) is 17.7. The Kier molecular flexibility index (Phi) is 3.15. The number of nitriles is 1. The van der Waals surface area contributed by atoms with Crippen molar-refractivity contribution in [2.75, 3.05) is 11.9 Å². The molecular formula is C16H15ClN8O. The average molecular weight is 371 g/mol. The molecule has 132 valence electrons. The fourth-order valence-electron chi connectivity index (χ4n) is 3.26. The van der Waals surface area contributed by atoms with Crippen molar-refractivity contribution in [3.63, 3.8) is 0 Å². The van der Waals surface area contributed by atoms with Crippen molar-refractivity contribution < 1.29 is 4.74 Å². The van der Waals surface area contributed by atoms with Crippen molar-refractivity contribution in [1.82, 2.24) is 29.5 Å². The van der Waals surface area contributed by atoms with Gasteiger partial charge in [-0.3, -0.25) is 0 Å². The van der Waals surface area contributed by atoms with Gasteiger partial charge in [0.2, 0.25) is 5.95 Å². The number of rotatable bonds is 1. The topological polar surface area (TPSA) is 106 Å². The summed E-state index contributed by atoms with van der Waals surface area (Å²) in [7, 11) is 0. The highest BCUT2D eigenvalue weighted by molar-refractivity contribution is 6.34. The van der Waals surface area contributed by atoms with Gasteiger partial charge in [0.1, 0.15) is 11.2 Å². The van der Waals surface area contributed by atoms with E-state index in [1.165, 1.54) is 0 Å². The molecule has 0 spiro atoms. The summed E-state index contributed by atoms with van der Waals surface area (Å²) in [6, 6.07) is 2.37. The molecule has 9 nitrogen and oxygen atoms in total. The van der Waals surface area contributed by atoms with Crippen molar-refractivity contribution in [1.29, 1.82) is 5.26 Å². The fraction of sp³-hybridized carbons (Fsp3) is 0.438. The molecule has 0 atom stereocenters. The molecule has 2 bridgehead atoms. The van der Waals surface area contributed by atoms with E-state index in [0.29, 0.717) is 46.9 Å². The molecule has 1 saturated carbocycles. The highest BCUT2D eigenvalue weighted by Gasteiger charge is 2.48. The summed E-state index contributed by atoms with van der Waals surface area (Å²) in [6.07, 6.45) is 3.98. The summed E-state index contributed by atoms with van der Waals surface area (Å²) < 4.78 is 9.42. The van der Waals surface area contributed by atoms with Gasteiger partial charge in [-0.05, 0) is 19.8 Å². The van der Waals surface area contributed by atoms with Crippen LogP contribution >= 0.6 is 11.6 Å². The first-order valence-electron chi connectivity index (χ1n) is 8.41. The van der Waals surface area contributed by atoms with Gasteiger partial charge in [-0.1, -0.05) is 11.6 Å². The number of nitrogens with zero attached hydrogens (tertiary/aromatic N) is 7. The van der Waals surface area contributed by atoms with Gasteiger partial charge < -0.3 is 10.1 Å². The smallest absolute Gasteiger partial charge is 0.257 e. The highest BCUT2D eigenvalue weighted by Crippen LogP contribution is 2.46. The van der Waals surface area contributed by atoms with Crippen LogP contribution < -0.4 is 10.1 Å². The van der Waals surface area contributed by atoms with Crippen LogP contribution in [-0.2, 0) is 12.1 Å². The maximum Gasteiger partial charge on any atom is 0.257 e. The van der Waals surface area contributed by atoms with Crippen LogP contribution in [0.1, 0.15) is 25.0 Å². The van der Waals surface area contributed by atoms with E-state index < -0.39 is 5.54 Å². The van der Waals surface area contributed by atoms with E-state index in [1.54, 1.807) is 15.6 Å². The Labute approximate surface area is 153 Å². The lowest BCUT2D eigenvalue weighted by atomic mass is 10.3. The van der Waals surface area contributed by atoms with Crippen molar-refractivity contribution in [2.24, 2.45) is 0 Å². The Hall–Kier alpha value is -2.86. The molecule has 0 saturated heterocycles. The number of nitrogens with one attached hydrogen (secondary N) is 1. The van der Waals surface area contributed by atoms with E-state index in [2.05, 4.69) is 31.6 Å². The van der Waals surface area contributed by atoms with Crippen molar-refractivity contribution in [3.05, 3.63) is 17.0 Å². The molecule has 10 heteroatoms. The number of hydrogen-bond acceptors (Lipinski definition) is 7. The van der Waals surface area contributed by atoms with E-state index in [-0.39, 0.29) is 0 Å². The van der Waals surface area contributed by atoms with Gasteiger partial charge in [0.25, 0.3) is 5.88 Å². The number of fused-ring (bicyclic) bond motifs is 2. The number of ether oxygens (including phenoxy) is 1. The van der Waals surface area contributed by atoms with Crippen molar-refractivity contribution >= 4 is 34.3 Å². The second-order valence-electron chi connectivity index (χ2n) is 6.59. The second kappa shape index (κ2) is 5.32. The highest BCUT2D eigenvalue weighted by atomic mass is 35.5. The minimum absolute atomic E-state index is 0.388. The van der Waals surface area contributed by atoms with E-state index >= 15 is 0 Å². The third-order valence-electron chi connectivity index (χ3n) is 4.86. The summed E-state index contributed by atoms with van der Waals surface area (Å²) >= 11 is 6.18. The summed E-state index contributed by atoms with van der Waals surface area (Å²) in [5.74, 6) is 0.872. The molecule has 0 amide bonds. The van der Waals surface area contributed by atoms with E-state index in [4.69, 9.17) is 16.3 Å². The largest absolute Gasteiger partial charge is 0.475 e. The van der Waals surface area contributed by atoms with Crippen molar-refractivity contribution in [2.45, 2.75) is 38.3 Å². The number of halogens is 1. The number of aromatic nitrogens is 6. The van der Waals surface area contributed by atoms with Gasteiger partial charge >= 0.3 is 0 Å². The fourth-order valence-corrected chi connectivity index (χ4v) is 3.49. The Morgan fingerprint density at radius 2 is 2.23 bits per heavy atom. The third-order valence-corrected chi connectivity index (χ3v) is 5.13. The Balaban J connectivity index is 1.64. The maximum absolute atomic E-state index is 9.51. The van der Waals surface area contributed by atoms with Crippen LogP contribution in [0.3, 0.4) is 0 Å². The van der Waals surface area contributed by atoms with Crippen LogP contribution in [0.2, 0.25) is 5.15 Å². The lowest BCUT2D eigenvalue weighted by Gasteiger charge is -2.09. The lowest BCUT2D eigenvalue weighted by molar-refractivity contribution is 0.284. The van der Waals surface area contributed by atoms with Gasteiger partial charge in [0.05, 0.1) is 23.8 Å². The van der Waals surface area contributed by atoms with Crippen LogP contribution in [-0.4, -0.2) is 36.1 Å². The number of aryl methyl sites for hydroxylation is 1. The summed E-state index contributed by atoms with van der Waals surface area (Å²) in [6.45, 7) is 3.00.